The van der Waals surface area contributed by atoms with E-state index in [0.29, 0.717) is 0 Å². The van der Waals surface area contributed by atoms with Crippen LogP contribution in [0.4, 0.5) is 0 Å². The van der Waals surface area contributed by atoms with Gasteiger partial charge in [0.2, 0.25) is 0 Å². The lowest BCUT2D eigenvalue weighted by atomic mass is 15.0. The van der Waals surface area contributed by atoms with Crippen LogP contribution in [0.25, 0.3) is 1.43 Å². The predicted molar refractivity (Wildman–Crippen MR) is 12.0 cm³/mol. The lowest BCUT2D eigenvalue weighted by Gasteiger charge is -1.59. The first kappa shape index (κ1) is 3.03. The van der Waals surface area contributed by atoms with Crippen molar-refractivity contribution in [1.29, 1.82) is 1.43 Å². The maximum Gasteiger partial charge on any atom is 0.496 e. The van der Waals surface area contributed by atoms with Crippen LogP contribution >= 0.6 is 7.91 Å². The first-order valence-corrected chi connectivity index (χ1v) is 1.81. The van der Waals surface area contributed by atoms with Crippen LogP contribution in [0.2, 0.25) is 0 Å². The van der Waals surface area contributed by atoms with Crippen LogP contribution in [0.5, 0.6) is 0 Å². The zero-order valence-corrected chi connectivity index (χ0v) is 2.97. The first-order valence-electron chi connectivity index (χ1n) is 1.12. The highest BCUT2D eigenvalue weighted by Crippen LogP contribution is 1.97. The van der Waals surface area contributed by atoms with Crippen molar-refractivity contribution < 1.29 is 19.1 Å². The summed E-state index contributed by atoms with van der Waals surface area (Å²) in [5.74, 6) is 0. The van der Waals surface area contributed by atoms with Crippen LogP contribution < -0.4 is 0 Å². The van der Waals surface area contributed by atoms with Crippen LogP contribution in [0.1, 0.15) is 0 Å². The molecule has 1 N–H and O–H groups in total. The third kappa shape index (κ3) is 3.82. The van der Waals surface area contributed by atoms with Gasteiger partial charge in [0.15, 0.2) is 0 Å². The monoisotopic (exact) mass is 97.0 g/mol. The SMILES string of the molecule is [2H]OOP(=O)=O. The van der Waals surface area contributed by atoms with Crippen LogP contribution in [0, 0.1) is 0 Å². The van der Waals surface area contributed by atoms with Crippen molar-refractivity contribution in [3.8, 4) is 0 Å². The smallest absolute Gasteiger partial charge is 0.238 e. The molecule has 0 heterocycles. The molecule has 0 aromatic heterocycles. The van der Waals surface area contributed by atoms with Gasteiger partial charge in [-0.3, -0.25) is 0 Å². The van der Waals surface area contributed by atoms with E-state index in [-0.39, 0.29) is 0 Å². The van der Waals surface area contributed by atoms with E-state index >= 15 is 0 Å². The third-order valence-corrected chi connectivity index (χ3v) is 0.183. The Bertz CT molecular complexity index is 75.5. The summed E-state index contributed by atoms with van der Waals surface area (Å²) < 4.78 is 27.1. The molecular weight excluding hydrogens is 95.0 g/mol. The molecule has 5 heavy (non-hydrogen) atoms. The van der Waals surface area contributed by atoms with Crippen molar-refractivity contribution >= 4 is 7.91 Å². The zero-order valence-electron chi connectivity index (χ0n) is 3.08. The fourth-order valence-electron chi connectivity index (χ4n) is 0. The second-order valence-corrected chi connectivity index (χ2v) is 0.894. The van der Waals surface area contributed by atoms with E-state index in [1.165, 1.54) is 0 Å². The van der Waals surface area contributed by atoms with Crippen molar-refractivity contribution in [1.82, 2.24) is 0 Å². The number of hydrogen-bond acceptors (Lipinski definition) is 4. The van der Waals surface area contributed by atoms with Gasteiger partial charge in [-0.05, 0) is 0 Å². The normalized spacial score (nSPS) is 10.0. The quantitative estimate of drug-likeness (QED) is 0.310. The summed E-state index contributed by atoms with van der Waals surface area (Å²) >= 11 is 0. The molecular formula is HO4P. The van der Waals surface area contributed by atoms with Crippen LogP contribution in [-0.4, -0.2) is 5.26 Å². The fraction of sp³-hybridized carbons (Fsp3) is 0. The molecule has 0 rings (SSSR count). The van der Waals surface area contributed by atoms with Gasteiger partial charge in [0.25, 0.3) is 1.43 Å². The van der Waals surface area contributed by atoms with E-state index in [1.807, 2.05) is 0 Å². The lowest BCUT2D eigenvalue weighted by Crippen LogP contribution is -1.50. The van der Waals surface area contributed by atoms with Gasteiger partial charge < -0.3 is 0 Å². The highest BCUT2D eigenvalue weighted by molar-refractivity contribution is 7.24. The number of hydrogen-bond donors (Lipinski definition) is 1. The highest BCUT2D eigenvalue weighted by Gasteiger charge is 1.75. The van der Waals surface area contributed by atoms with Crippen LogP contribution in [-0.2, 0) is 13.8 Å². The van der Waals surface area contributed by atoms with Crippen molar-refractivity contribution in [3.63, 3.8) is 0 Å². The molecule has 0 saturated heterocycles. The molecule has 0 aromatic carbocycles. The largest absolute Gasteiger partial charge is 0.496 e. The van der Waals surface area contributed by atoms with Gasteiger partial charge in [0, 0.05) is 0 Å². The maximum atomic E-state index is 9.17. The van der Waals surface area contributed by atoms with Gasteiger partial charge in [-0.1, -0.05) is 0 Å². The molecule has 0 atom stereocenters. The minimum Gasteiger partial charge on any atom is -0.238 e. The van der Waals surface area contributed by atoms with Gasteiger partial charge in [-0.25, -0.2) is 14.4 Å². The second-order valence-electron chi connectivity index (χ2n) is 0.298. The highest BCUT2D eigenvalue weighted by atomic mass is 31.1. The molecule has 5 heteroatoms. The van der Waals surface area contributed by atoms with Gasteiger partial charge in [0.1, 0.15) is 0 Å². The fourth-order valence-corrected chi connectivity index (χ4v) is 0. The lowest BCUT2D eigenvalue weighted by molar-refractivity contribution is -0.132. The molecule has 0 aliphatic heterocycles. The summed E-state index contributed by atoms with van der Waals surface area (Å²) in [4.78, 5) is 0. The van der Waals surface area contributed by atoms with Crippen molar-refractivity contribution in [2.45, 2.75) is 0 Å². The molecule has 0 unspecified atom stereocenters. The molecule has 0 radical (unpaired) electrons. The second kappa shape index (κ2) is 2.08. The summed E-state index contributed by atoms with van der Waals surface area (Å²) in [6, 6.07) is 0. The van der Waals surface area contributed by atoms with E-state index in [9.17, 15) is 0 Å². The van der Waals surface area contributed by atoms with Crippen molar-refractivity contribution in [2.24, 2.45) is 0 Å². The molecule has 30 valence electrons. The Morgan fingerprint density at radius 3 is 2.60 bits per heavy atom. The Hall–Kier alpha value is -0.180. The van der Waals surface area contributed by atoms with Crippen molar-refractivity contribution in [3.05, 3.63) is 0 Å². The van der Waals surface area contributed by atoms with Gasteiger partial charge in [0.05, 0.1) is 0 Å². The van der Waals surface area contributed by atoms with Gasteiger partial charge >= 0.3 is 7.91 Å². The molecule has 0 aliphatic carbocycles. The molecule has 0 fully saturated rings. The van der Waals surface area contributed by atoms with Gasteiger partial charge in [-0.15, -0.1) is 4.67 Å². The topological polar surface area (TPSA) is 63.6 Å². The molecule has 0 bridgehead atoms. The Labute approximate surface area is 29.7 Å². The summed E-state index contributed by atoms with van der Waals surface area (Å²) in [5, 5.41) is 2.96. The third-order valence-electron chi connectivity index (χ3n) is 0.0609. The van der Waals surface area contributed by atoms with E-state index in [2.05, 4.69) is 9.93 Å². The molecule has 4 nitrogen and oxygen atoms in total. The number of rotatable bonds is 2. The Balaban J connectivity index is 3.07. The Morgan fingerprint density at radius 2 is 2.60 bits per heavy atom. The van der Waals surface area contributed by atoms with E-state index < -0.39 is 7.91 Å². The zero-order chi connectivity index (χ0) is 4.99. The Kier molecular flexibility index (Phi) is 1.26. The van der Waals surface area contributed by atoms with E-state index in [0.717, 1.165) is 0 Å². The maximum absolute atomic E-state index is 9.17. The molecule has 0 saturated carbocycles. The van der Waals surface area contributed by atoms with Crippen molar-refractivity contribution in [2.75, 3.05) is 0 Å². The minimum absolute atomic E-state index is 2.96. The predicted octanol–water partition coefficient (Wildman–Crippen LogP) is 0.564. The van der Waals surface area contributed by atoms with Gasteiger partial charge in [-0.2, -0.15) is 0 Å². The summed E-state index contributed by atoms with van der Waals surface area (Å²) in [6.45, 7) is 0. The standard InChI is InChI=1S/HO4P/c1-4-5(2)3/h1H/i/hD. The summed E-state index contributed by atoms with van der Waals surface area (Å²) in [6.07, 6.45) is 0. The van der Waals surface area contributed by atoms with E-state index in [1.54, 1.807) is 0 Å². The minimum atomic E-state index is -3.01. The molecule has 0 aromatic rings. The molecule has 0 amide bonds. The van der Waals surface area contributed by atoms with Crippen LogP contribution in [0.15, 0.2) is 0 Å². The summed E-state index contributed by atoms with van der Waals surface area (Å²) in [7, 11) is -3.01. The molecule has 0 spiro atoms. The Morgan fingerprint density at radius 1 is 2.00 bits per heavy atom. The summed E-state index contributed by atoms with van der Waals surface area (Å²) in [5.41, 5.74) is 0. The van der Waals surface area contributed by atoms with E-state index in [4.69, 9.17) is 10.6 Å². The average Bonchev–Trinajstić information content (AvgIpc) is 1.35. The average molecular weight is 97.0 g/mol. The van der Waals surface area contributed by atoms with Crippen LogP contribution in [0.3, 0.4) is 0 Å². The molecule has 0 aliphatic rings. The first-order chi connectivity index (χ1) is 2.77.